The second-order valence-electron chi connectivity index (χ2n) is 5.63. The lowest BCUT2D eigenvalue weighted by Crippen LogP contribution is -2.39. The van der Waals surface area contributed by atoms with Crippen LogP contribution in [0.25, 0.3) is 0 Å². The molecule has 0 heterocycles. The molecule has 0 atom stereocenters. The van der Waals surface area contributed by atoms with Crippen molar-refractivity contribution < 1.29 is 34.4 Å². The molecule has 0 aromatic rings. The van der Waals surface area contributed by atoms with Gasteiger partial charge in [-0.15, -0.1) is 0 Å². The molecule has 0 fully saturated rings. The Balaban J connectivity index is -0.000000222. The Hall–Kier alpha value is -0.456. The van der Waals surface area contributed by atoms with Gasteiger partial charge in [-0.1, -0.05) is 0 Å². The molecule has 0 aliphatic rings. The fraction of sp³-hybridized carbons (Fsp3) is 0.900. The van der Waals surface area contributed by atoms with Gasteiger partial charge in [0.15, 0.2) is 16.6 Å². The van der Waals surface area contributed by atoms with Gasteiger partial charge in [0.2, 0.25) is 0 Å². The third kappa shape index (κ3) is 46.5. The van der Waals surface area contributed by atoms with E-state index in [1.54, 1.807) is 0 Å². The molecule has 0 spiro atoms. The summed E-state index contributed by atoms with van der Waals surface area (Å²) in [7, 11) is -2.46. The summed E-state index contributed by atoms with van der Waals surface area (Å²) in [5.74, 6) is 0. The highest BCUT2D eigenvalue weighted by Crippen LogP contribution is 2.12. The van der Waals surface area contributed by atoms with E-state index in [1.807, 2.05) is 0 Å². The van der Waals surface area contributed by atoms with Gasteiger partial charge in [0.1, 0.15) is 6.10 Å². The molecule has 0 aliphatic heterocycles. The summed E-state index contributed by atoms with van der Waals surface area (Å²) in [4.78, 5) is 8.56. The summed E-state index contributed by atoms with van der Waals surface area (Å²) >= 11 is 0. The largest absolute Gasteiger partial charge is 0.503 e. The first-order valence-electron chi connectivity index (χ1n) is 5.77. The quantitative estimate of drug-likeness (QED) is 0.493. The van der Waals surface area contributed by atoms with Gasteiger partial charge in [-0.2, -0.15) is 0 Å². The molecule has 7 nitrogen and oxygen atoms in total. The van der Waals surface area contributed by atoms with Crippen LogP contribution in [0, 0.1) is 0 Å². The van der Waals surface area contributed by atoms with Crippen LogP contribution in [0.2, 0.25) is 39.3 Å². The van der Waals surface area contributed by atoms with Crippen molar-refractivity contribution in [1.29, 1.82) is 0 Å². The molecule has 0 bridgehead atoms. The zero-order valence-corrected chi connectivity index (χ0v) is 14.5. The minimum Gasteiger partial charge on any atom is -0.456 e. The van der Waals surface area contributed by atoms with Crippen LogP contribution in [0.1, 0.15) is 0 Å². The van der Waals surface area contributed by atoms with Crippen molar-refractivity contribution in [1.82, 2.24) is 0 Å². The molecular weight excluding hydrogens is 288 g/mol. The van der Waals surface area contributed by atoms with E-state index in [9.17, 15) is 0 Å². The predicted molar refractivity (Wildman–Crippen MR) is 78.6 cm³/mol. The van der Waals surface area contributed by atoms with Crippen LogP contribution in [0.15, 0.2) is 0 Å². The number of carbonyl (C=O) groups is 1. The average molecular weight is 316 g/mol. The van der Waals surface area contributed by atoms with E-state index in [-0.39, 0.29) is 13.2 Å². The second kappa shape index (κ2) is 11.4. The Morgan fingerprint density at radius 3 is 1.16 bits per heavy atom. The molecular formula is C10H28O7Si2. The Morgan fingerprint density at radius 1 is 0.947 bits per heavy atom. The second-order valence-corrected chi connectivity index (χ2v) is 14.9. The maximum absolute atomic E-state index is 8.56. The van der Waals surface area contributed by atoms with Crippen LogP contribution < -0.4 is 0 Å². The maximum atomic E-state index is 8.56. The maximum Gasteiger partial charge on any atom is 0.503 e. The zero-order chi connectivity index (χ0) is 16.3. The van der Waals surface area contributed by atoms with Crippen molar-refractivity contribution in [2.24, 2.45) is 0 Å². The molecule has 0 amide bonds. The molecule has 5 N–H and O–H groups in total. The van der Waals surface area contributed by atoms with Crippen LogP contribution in [0.5, 0.6) is 0 Å². The zero-order valence-electron chi connectivity index (χ0n) is 12.5. The van der Waals surface area contributed by atoms with Crippen molar-refractivity contribution >= 4 is 22.8 Å². The topological polar surface area (TPSA) is 127 Å². The summed E-state index contributed by atoms with van der Waals surface area (Å²) in [6.45, 7) is 12.7. The Bertz CT molecular complexity index is 203. The van der Waals surface area contributed by atoms with Crippen LogP contribution in [-0.4, -0.2) is 67.6 Å². The van der Waals surface area contributed by atoms with Crippen LogP contribution in [-0.2, 0) is 4.12 Å². The van der Waals surface area contributed by atoms with Crippen LogP contribution >= 0.6 is 0 Å². The number of aliphatic hydroxyl groups is 3. The molecule has 0 saturated heterocycles. The molecule has 0 unspecified atom stereocenters. The number of hydrogen-bond acceptors (Lipinski definition) is 5. The highest BCUT2D eigenvalue weighted by molar-refractivity contribution is 6.83. The van der Waals surface area contributed by atoms with Crippen LogP contribution in [0.4, 0.5) is 4.79 Å². The Labute approximate surface area is 116 Å². The third-order valence-electron chi connectivity index (χ3n) is 1.03. The minimum atomic E-state index is -1.83. The van der Waals surface area contributed by atoms with E-state index in [0.717, 1.165) is 0 Å². The first-order chi connectivity index (χ1) is 8.25. The normalized spacial score (nSPS) is 11.1. The Morgan fingerprint density at radius 2 is 1.16 bits per heavy atom. The van der Waals surface area contributed by atoms with Gasteiger partial charge >= 0.3 is 6.16 Å². The summed E-state index contributed by atoms with van der Waals surface area (Å²) < 4.78 is 5.90. The van der Waals surface area contributed by atoms with Crippen molar-refractivity contribution in [2.75, 3.05) is 13.2 Å². The van der Waals surface area contributed by atoms with Gasteiger partial charge in [-0.25, -0.2) is 4.79 Å². The monoisotopic (exact) mass is 316 g/mol. The number of aliphatic hydroxyl groups excluding tert-OH is 3. The SMILES string of the molecule is C[Si](C)(C)O[Si](C)(C)C.O=C(O)O.OCC(O)CO. The average Bonchev–Trinajstić information content (AvgIpc) is 2.10. The van der Waals surface area contributed by atoms with Gasteiger partial charge in [-0.05, 0) is 39.3 Å². The lowest BCUT2D eigenvalue weighted by atomic mass is 10.4. The van der Waals surface area contributed by atoms with Crippen molar-refractivity contribution in [3.8, 4) is 0 Å². The predicted octanol–water partition coefficient (Wildman–Crippen LogP) is 1.23. The molecule has 118 valence electrons. The molecule has 0 saturated carbocycles. The third-order valence-corrected chi connectivity index (χ3v) is 5.93. The standard InChI is InChI=1S/C6H18OSi2.C3H8O3.CH2O3/c1-8(2,3)7-9(4,5)6;4-1-3(6)2-5;2-1(3)4/h1-6H3;3-6H,1-2H2;(H2,2,3,4). The van der Waals surface area contributed by atoms with E-state index < -0.39 is 28.9 Å². The van der Waals surface area contributed by atoms with E-state index in [2.05, 4.69) is 39.3 Å². The van der Waals surface area contributed by atoms with E-state index in [1.165, 1.54) is 0 Å². The van der Waals surface area contributed by atoms with E-state index in [0.29, 0.717) is 0 Å². The summed E-state index contributed by atoms with van der Waals surface area (Å²) in [6, 6.07) is 0. The van der Waals surface area contributed by atoms with E-state index >= 15 is 0 Å². The van der Waals surface area contributed by atoms with E-state index in [4.69, 9.17) is 34.4 Å². The summed E-state index contributed by atoms with van der Waals surface area (Å²) in [5, 5.41) is 38.0. The van der Waals surface area contributed by atoms with Crippen molar-refractivity contribution in [2.45, 2.75) is 45.4 Å². The highest BCUT2D eigenvalue weighted by atomic mass is 28.4. The smallest absolute Gasteiger partial charge is 0.456 e. The first-order valence-corrected chi connectivity index (χ1v) is 12.6. The molecule has 0 radical (unpaired) electrons. The van der Waals surface area contributed by atoms with Crippen LogP contribution in [0.3, 0.4) is 0 Å². The van der Waals surface area contributed by atoms with Crippen molar-refractivity contribution in [3.63, 3.8) is 0 Å². The van der Waals surface area contributed by atoms with Gasteiger partial charge in [0, 0.05) is 0 Å². The van der Waals surface area contributed by atoms with Crippen molar-refractivity contribution in [3.05, 3.63) is 0 Å². The number of rotatable bonds is 4. The van der Waals surface area contributed by atoms with Gasteiger partial charge in [0.25, 0.3) is 0 Å². The minimum absolute atomic E-state index is 0.365. The molecule has 0 aromatic heterocycles. The lowest BCUT2D eigenvalue weighted by Gasteiger charge is -2.27. The molecule has 19 heavy (non-hydrogen) atoms. The first kappa shape index (κ1) is 23.6. The Kier molecular flexibility index (Phi) is 14.1. The fourth-order valence-corrected chi connectivity index (χ4v) is 8.32. The molecule has 0 aliphatic carbocycles. The molecule has 9 heteroatoms. The van der Waals surface area contributed by atoms with Gasteiger partial charge < -0.3 is 29.6 Å². The summed E-state index contributed by atoms with van der Waals surface area (Å²) in [6.07, 6.45) is -2.79. The molecule has 0 rings (SSSR count). The fourth-order valence-electron chi connectivity index (χ4n) is 0.976. The number of carboxylic acid groups (broad SMARTS) is 2. The summed E-state index contributed by atoms with van der Waals surface area (Å²) in [5.41, 5.74) is 0. The van der Waals surface area contributed by atoms with Gasteiger partial charge in [-0.3, -0.25) is 0 Å². The number of hydrogen-bond donors (Lipinski definition) is 5. The lowest BCUT2D eigenvalue weighted by molar-refractivity contribution is 0.0450. The highest BCUT2D eigenvalue weighted by Gasteiger charge is 2.24. The van der Waals surface area contributed by atoms with Gasteiger partial charge in [0.05, 0.1) is 13.2 Å². The molecule has 0 aromatic carbocycles.